The molecule has 0 saturated carbocycles. The van der Waals surface area contributed by atoms with E-state index in [4.69, 9.17) is 0 Å². The molecule has 3 rings (SSSR count). The first-order chi connectivity index (χ1) is 8.08. The summed E-state index contributed by atoms with van der Waals surface area (Å²) in [6, 6.07) is 3.27. The van der Waals surface area contributed by atoms with Gasteiger partial charge in [-0.2, -0.15) is 0 Å². The third-order valence-electron chi connectivity index (χ3n) is 3.48. The van der Waals surface area contributed by atoms with Crippen molar-refractivity contribution in [3.63, 3.8) is 0 Å². The molecule has 2 bridgehead atoms. The maximum Gasteiger partial charge on any atom is 0.255 e. The second-order valence-corrected chi connectivity index (χ2v) is 6.87. The molecule has 2 fully saturated rings. The lowest BCUT2D eigenvalue weighted by atomic mass is 10.2. The summed E-state index contributed by atoms with van der Waals surface area (Å²) in [4.78, 5) is 17.7. The topological polar surface area (TPSA) is 67.3 Å². The molecule has 17 heavy (non-hydrogen) atoms. The summed E-state index contributed by atoms with van der Waals surface area (Å²) >= 11 is 0. The van der Waals surface area contributed by atoms with Crippen LogP contribution in [0, 0.1) is 0 Å². The Morgan fingerprint density at radius 2 is 2.29 bits per heavy atom. The third-order valence-corrected chi connectivity index (χ3v) is 5.68. The van der Waals surface area contributed by atoms with E-state index in [2.05, 4.69) is 4.98 Å². The van der Waals surface area contributed by atoms with Gasteiger partial charge in [0.15, 0.2) is 9.84 Å². The van der Waals surface area contributed by atoms with Crippen molar-refractivity contribution < 1.29 is 13.2 Å². The number of rotatable bonds is 1. The zero-order valence-corrected chi connectivity index (χ0v) is 9.93. The SMILES string of the molecule is O=C(c1cccnc1)N1CC2CC1CS2(=O)=O. The lowest BCUT2D eigenvalue weighted by Gasteiger charge is -2.26. The molecule has 2 aliphatic rings. The Morgan fingerprint density at radius 1 is 1.47 bits per heavy atom. The molecular weight excluding hydrogens is 240 g/mol. The van der Waals surface area contributed by atoms with Crippen LogP contribution in [0.15, 0.2) is 24.5 Å². The third kappa shape index (κ3) is 1.63. The minimum Gasteiger partial charge on any atom is -0.333 e. The largest absolute Gasteiger partial charge is 0.333 e. The average molecular weight is 252 g/mol. The lowest BCUT2D eigenvalue weighted by molar-refractivity contribution is 0.0745. The minimum absolute atomic E-state index is 0.111. The van der Waals surface area contributed by atoms with Crippen LogP contribution in [0.4, 0.5) is 0 Å². The molecule has 0 N–H and O–H groups in total. The van der Waals surface area contributed by atoms with E-state index in [1.165, 1.54) is 6.20 Å². The van der Waals surface area contributed by atoms with E-state index in [0.29, 0.717) is 18.5 Å². The van der Waals surface area contributed by atoms with Crippen LogP contribution in [0.3, 0.4) is 0 Å². The highest BCUT2D eigenvalue weighted by Crippen LogP contribution is 2.33. The summed E-state index contributed by atoms with van der Waals surface area (Å²) in [6.45, 7) is 0.334. The fourth-order valence-electron chi connectivity index (χ4n) is 2.60. The van der Waals surface area contributed by atoms with Crippen LogP contribution in [0.2, 0.25) is 0 Å². The fourth-order valence-corrected chi connectivity index (χ4v) is 4.63. The average Bonchev–Trinajstić information content (AvgIpc) is 2.84. The summed E-state index contributed by atoms with van der Waals surface area (Å²) in [6.07, 6.45) is 3.72. The van der Waals surface area contributed by atoms with Crippen molar-refractivity contribution in [2.45, 2.75) is 17.7 Å². The molecule has 90 valence electrons. The van der Waals surface area contributed by atoms with Crippen LogP contribution in [-0.4, -0.2) is 47.8 Å². The Labute approximate surface area is 99.4 Å². The van der Waals surface area contributed by atoms with Gasteiger partial charge >= 0.3 is 0 Å². The summed E-state index contributed by atoms with van der Waals surface area (Å²) in [5.74, 6) is 0.00410. The van der Waals surface area contributed by atoms with Gasteiger partial charge in [0.1, 0.15) is 0 Å². The van der Waals surface area contributed by atoms with Gasteiger partial charge in [-0.1, -0.05) is 0 Å². The number of likely N-dealkylation sites (tertiary alicyclic amines) is 1. The summed E-state index contributed by atoms with van der Waals surface area (Å²) < 4.78 is 23.2. The molecule has 0 aliphatic carbocycles. The number of aromatic nitrogens is 1. The number of hydrogen-bond acceptors (Lipinski definition) is 4. The second kappa shape index (κ2) is 3.53. The van der Waals surface area contributed by atoms with Crippen molar-refractivity contribution in [1.29, 1.82) is 0 Å². The first-order valence-electron chi connectivity index (χ1n) is 5.50. The quantitative estimate of drug-likeness (QED) is 0.710. The van der Waals surface area contributed by atoms with E-state index in [-0.39, 0.29) is 23.0 Å². The summed E-state index contributed by atoms with van der Waals surface area (Å²) in [5, 5.41) is -0.354. The van der Waals surface area contributed by atoms with Gasteiger partial charge in [0.25, 0.3) is 5.91 Å². The first kappa shape index (κ1) is 10.7. The van der Waals surface area contributed by atoms with Crippen molar-refractivity contribution in [3.8, 4) is 0 Å². The Balaban J connectivity index is 1.84. The highest BCUT2D eigenvalue weighted by molar-refractivity contribution is 7.92. The Morgan fingerprint density at radius 3 is 2.82 bits per heavy atom. The summed E-state index contributed by atoms with van der Waals surface area (Å²) in [7, 11) is -2.95. The normalized spacial score (nSPS) is 29.5. The van der Waals surface area contributed by atoms with E-state index < -0.39 is 9.84 Å². The van der Waals surface area contributed by atoms with E-state index in [0.717, 1.165) is 0 Å². The lowest BCUT2D eigenvalue weighted by Crippen LogP contribution is -2.44. The number of amides is 1. The minimum atomic E-state index is -2.95. The number of carbonyl (C=O) groups excluding carboxylic acids is 1. The van der Waals surface area contributed by atoms with Crippen LogP contribution < -0.4 is 0 Å². The molecular formula is C11H12N2O3S. The zero-order valence-electron chi connectivity index (χ0n) is 9.11. The number of sulfone groups is 1. The van der Waals surface area contributed by atoms with Gasteiger partial charge in [0.2, 0.25) is 0 Å². The first-order valence-corrected chi connectivity index (χ1v) is 7.22. The van der Waals surface area contributed by atoms with Crippen LogP contribution >= 0.6 is 0 Å². The summed E-state index contributed by atoms with van der Waals surface area (Å²) in [5.41, 5.74) is 0.525. The van der Waals surface area contributed by atoms with Gasteiger partial charge < -0.3 is 4.90 Å². The Kier molecular flexibility index (Phi) is 2.22. The highest BCUT2D eigenvalue weighted by atomic mass is 32.2. The fraction of sp³-hybridized carbons (Fsp3) is 0.455. The van der Waals surface area contributed by atoms with Crippen LogP contribution in [0.25, 0.3) is 0 Å². The molecule has 6 heteroatoms. The number of pyridine rings is 1. The molecule has 2 unspecified atom stereocenters. The van der Waals surface area contributed by atoms with Crippen molar-refractivity contribution >= 4 is 15.7 Å². The van der Waals surface area contributed by atoms with Gasteiger partial charge in [-0.05, 0) is 18.6 Å². The molecule has 0 spiro atoms. The Bertz CT molecular complexity index is 555. The van der Waals surface area contributed by atoms with Crippen molar-refractivity contribution in [2.75, 3.05) is 12.3 Å². The molecule has 1 aromatic heterocycles. The molecule has 0 aromatic carbocycles. The van der Waals surface area contributed by atoms with Gasteiger partial charge in [0.05, 0.1) is 16.6 Å². The molecule has 0 radical (unpaired) electrons. The zero-order chi connectivity index (χ0) is 12.0. The molecule has 3 heterocycles. The predicted octanol–water partition coefficient (Wildman–Crippen LogP) is 0.0931. The van der Waals surface area contributed by atoms with E-state index in [1.807, 2.05) is 0 Å². The van der Waals surface area contributed by atoms with Gasteiger partial charge in [-0.15, -0.1) is 0 Å². The van der Waals surface area contributed by atoms with Crippen LogP contribution in [0.5, 0.6) is 0 Å². The van der Waals surface area contributed by atoms with E-state index in [9.17, 15) is 13.2 Å². The number of carbonyl (C=O) groups is 1. The molecule has 1 aromatic rings. The van der Waals surface area contributed by atoms with Gasteiger partial charge in [0, 0.05) is 25.0 Å². The second-order valence-electron chi connectivity index (χ2n) is 4.54. The maximum absolute atomic E-state index is 12.1. The number of hydrogen-bond donors (Lipinski definition) is 0. The van der Waals surface area contributed by atoms with Gasteiger partial charge in [-0.25, -0.2) is 8.42 Å². The highest BCUT2D eigenvalue weighted by Gasteiger charge is 2.50. The molecule has 2 saturated heterocycles. The van der Waals surface area contributed by atoms with Crippen LogP contribution in [0.1, 0.15) is 16.8 Å². The molecule has 5 nitrogen and oxygen atoms in total. The molecule has 1 amide bonds. The number of nitrogens with zero attached hydrogens (tertiary/aromatic N) is 2. The number of fused-ring (bicyclic) bond motifs is 2. The van der Waals surface area contributed by atoms with Crippen molar-refractivity contribution in [1.82, 2.24) is 9.88 Å². The smallest absolute Gasteiger partial charge is 0.255 e. The van der Waals surface area contributed by atoms with E-state index >= 15 is 0 Å². The monoisotopic (exact) mass is 252 g/mol. The molecule has 2 atom stereocenters. The van der Waals surface area contributed by atoms with Gasteiger partial charge in [-0.3, -0.25) is 9.78 Å². The predicted molar refractivity (Wildman–Crippen MR) is 61.3 cm³/mol. The Hall–Kier alpha value is -1.43. The maximum atomic E-state index is 12.1. The van der Waals surface area contributed by atoms with Crippen LogP contribution in [-0.2, 0) is 9.84 Å². The van der Waals surface area contributed by atoms with Crippen molar-refractivity contribution in [3.05, 3.63) is 30.1 Å². The van der Waals surface area contributed by atoms with Crippen molar-refractivity contribution in [2.24, 2.45) is 0 Å². The molecule has 2 aliphatic heterocycles. The van der Waals surface area contributed by atoms with E-state index in [1.54, 1.807) is 23.2 Å². The standard InChI is InChI=1S/C11H12N2O3S/c14-11(8-2-1-3-12-5-8)13-6-10-4-9(13)7-17(10,15)16/h1-3,5,9-10H,4,6-7H2.